The molecule has 2 aliphatic rings. The molecule has 0 bridgehead atoms. The van der Waals surface area contributed by atoms with Gasteiger partial charge in [-0.3, -0.25) is 9.69 Å². The molecule has 1 N–H and O–H groups in total. The first-order valence-corrected chi connectivity index (χ1v) is 8.96. The van der Waals surface area contributed by atoms with Crippen LogP contribution in [-0.4, -0.2) is 65.8 Å². The zero-order valence-electron chi connectivity index (χ0n) is 14.1. The highest BCUT2D eigenvalue weighted by atomic mass is 19.1. The second-order valence-electron chi connectivity index (χ2n) is 7.11. The van der Waals surface area contributed by atoms with Crippen LogP contribution in [0.3, 0.4) is 0 Å². The molecule has 2 atom stereocenters. The molecule has 1 aromatic rings. The van der Waals surface area contributed by atoms with Crippen LogP contribution < -0.4 is 0 Å². The minimum absolute atomic E-state index is 0.0701. The average Bonchev–Trinajstić information content (AvgIpc) is 2.96. The number of halogens is 1. The molecule has 0 unspecified atom stereocenters. The zero-order chi connectivity index (χ0) is 16.9. The first kappa shape index (κ1) is 17.4. The van der Waals surface area contributed by atoms with Crippen molar-refractivity contribution in [3.8, 4) is 0 Å². The quantitative estimate of drug-likeness (QED) is 0.894. The summed E-state index contributed by atoms with van der Waals surface area (Å²) in [4.78, 5) is 16.2. The van der Waals surface area contributed by atoms with Crippen LogP contribution in [0.25, 0.3) is 0 Å². The van der Waals surface area contributed by atoms with Crippen LogP contribution in [-0.2, 0) is 11.2 Å². The second-order valence-corrected chi connectivity index (χ2v) is 7.11. The number of piperidine rings is 1. The van der Waals surface area contributed by atoms with Crippen LogP contribution in [0.5, 0.6) is 0 Å². The summed E-state index contributed by atoms with van der Waals surface area (Å²) in [5.74, 6) is 0.698. The van der Waals surface area contributed by atoms with Crippen LogP contribution in [0.2, 0.25) is 0 Å². The van der Waals surface area contributed by atoms with Gasteiger partial charge >= 0.3 is 0 Å². The maximum Gasteiger partial charge on any atom is 0.236 e. The average molecular weight is 334 g/mol. The lowest BCUT2D eigenvalue weighted by atomic mass is 9.90. The summed E-state index contributed by atoms with van der Waals surface area (Å²) in [6.07, 6.45) is 2.53. The van der Waals surface area contributed by atoms with Crippen molar-refractivity contribution in [2.24, 2.45) is 5.92 Å². The van der Waals surface area contributed by atoms with Crippen LogP contribution in [0, 0.1) is 5.92 Å². The Morgan fingerprint density at radius 2 is 1.92 bits per heavy atom. The van der Waals surface area contributed by atoms with Crippen molar-refractivity contribution in [2.45, 2.75) is 37.9 Å². The summed E-state index contributed by atoms with van der Waals surface area (Å²) in [7, 11) is 0. The van der Waals surface area contributed by atoms with Gasteiger partial charge in [0.1, 0.15) is 6.17 Å². The highest BCUT2D eigenvalue weighted by molar-refractivity contribution is 5.78. The molecule has 0 spiro atoms. The minimum Gasteiger partial charge on any atom is -0.395 e. The van der Waals surface area contributed by atoms with Crippen molar-refractivity contribution in [2.75, 3.05) is 32.8 Å². The predicted octanol–water partition coefficient (Wildman–Crippen LogP) is 1.87. The van der Waals surface area contributed by atoms with Crippen molar-refractivity contribution in [3.05, 3.63) is 35.9 Å². The van der Waals surface area contributed by atoms with Crippen LogP contribution in [0.15, 0.2) is 30.3 Å². The van der Waals surface area contributed by atoms with E-state index in [0.717, 1.165) is 32.4 Å². The van der Waals surface area contributed by atoms with Crippen molar-refractivity contribution in [1.29, 1.82) is 0 Å². The largest absolute Gasteiger partial charge is 0.395 e. The number of nitrogens with zero attached hydrogens (tertiary/aromatic N) is 2. The molecule has 24 heavy (non-hydrogen) atoms. The van der Waals surface area contributed by atoms with E-state index in [0.29, 0.717) is 12.3 Å². The monoisotopic (exact) mass is 334 g/mol. The first-order valence-electron chi connectivity index (χ1n) is 8.96. The van der Waals surface area contributed by atoms with Gasteiger partial charge in [0, 0.05) is 25.7 Å². The van der Waals surface area contributed by atoms with E-state index in [1.807, 2.05) is 11.0 Å². The summed E-state index contributed by atoms with van der Waals surface area (Å²) in [5.41, 5.74) is 1.36. The number of carbonyl (C=O) groups excluding carboxylic acids is 1. The van der Waals surface area contributed by atoms with Gasteiger partial charge in [-0.05, 0) is 37.2 Å². The fourth-order valence-electron chi connectivity index (χ4n) is 3.91. The molecule has 0 aromatic heterocycles. The van der Waals surface area contributed by atoms with Gasteiger partial charge in [-0.1, -0.05) is 30.3 Å². The molecule has 0 radical (unpaired) electrons. The molecule has 0 aliphatic carbocycles. The van der Waals surface area contributed by atoms with E-state index >= 15 is 0 Å². The smallest absolute Gasteiger partial charge is 0.236 e. The number of benzene rings is 1. The van der Waals surface area contributed by atoms with Gasteiger partial charge in [-0.2, -0.15) is 0 Å². The lowest BCUT2D eigenvalue weighted by Gasteiger charge is -2.34. The van der Waals surface area contributed by atoms with E-state index < -0.39 is 6.17 Å². The van der Waals surface area contributed by atoms with Crippen LogP contribution in [0.1, 0.15) is 24.8 Å². The molecule has 1 aromatic carbocycles. The Balaban J connectivity index is 1.45. The van der Waals surface area contributed by atoms with Crippen molar-refractivity contribution in [3.63, 3.8) is 0 Å². The summed E-state index contributed by atoms with van der Waals surface area (Å²) in [6, 6.07) is 10.3. The van der Waals surface area contributed by atoms with Crippen molar-refractivity contribution < 1.29 is 14.3 Å². The second kappa shape index (κ2) is 8.08. The Labute approximate surface area is 143 Å². The third-order valence-corrected chi connectivity index (χ3v) is 5.36. The molecule has 2 aliphatic heterocycles. The van der Waals surface area contributed by atoms with E-state index in [2.05, 4.69) is 24.3 Å². The van der Waals surface area contributed by atoms with E-state index in [9.17, 15) is 14.3 Å². The molecule has 3 rings (SSSR count). The standard InChI is InChI=1S/C19H27FN2O2/c20-17-11-18(14-23)22(12-17)13-19(24)21-8-6-16(7-9-21)10-15-4-2-1-3-5-15/h1-5,16-18,23H,6-14H2/t17-,18-/m0/s1. The third kappa shape index (κ3) is 4.33. The molecule has 0 saturated carbocycles. The number of hydrogen-bond acceptors (Lipinski definition) is 3. The molecule has 2 fully saturated rings. The Kier molecular flexibility index (Phi) is 5.85. The van der Waals surface area contributed by atoms with Crippen LogP contribution in [0.4, 0.5) is 4.39 Å². The Morgan fingerprint density at radius 1 is 1.21 bits per heavy atom. The molecule has 132 valence electrons. The molecular formula is C19H27FN2O2. The van der Waals surface area contributed by atoms with Gasteiger partial charge in [0.15, 0.2) is 0 Å². The number of alkyl halides is 1. The normalized spacial score (nSPS) is 26.0. The van der Waals surface area contributed by atoms with Gasteiger partial charge in [-0.15, -0.1) is 0 Å². The molecule has 2 heterocycles. The van der Waals surface area contributed by atoms with Gasteiger partial charge in [0.05, 0.1) is 13.2 Å². The summed E-state index contributed by atoms with van der Waals surface area (Å²) in [5, 5.41) is 9.32. The highest BCUT2D eigenvalue weighted by Gasteiger charge is 2.34. The molecule has 2 saturated heterocycles. The lowest BCUT2D eigenvalue weighted by Crippen LogP contribution is -2.46. The molecule has 4 nitrogen and oxygen atoms in total. The lowest BCUT2D eigenvalue weighted by molar-refractivity contribution is -0.134. The van der Waals surface area contributed by atoms with E-state index in [1.54, 1.807) is 4.90 Å². The van der Waals surface area contributed by atoms with Crippen LogP contribution >= 0.6 is 0 Å². The zero-order valence-corrected chi connectivity index (χ0v) is 14.1. The van der Waals surface area contributed by atoms with Gasteiger partial charge < -0.3 is 10.0 Å². The predicted molar refractivity (Wildman–Crippen MR) is 91.4 cm³/mol. The number of rotatable bonds is 5. The number of amides is 1. The molecular weight excluding hydrogens is 307 g/mol. The van der Waals surface area contributed by atoms with Gasteiger partial charge in [0.25, 0.3) is 0 Å². The molecule has 1 amide bonds. The maximum absolute atomic E-state index is 13.5. The number of hydrogen-bond donors (Lipinski definition) is 1. The number of aliphatic hydroxyl groups excluding tert-OH is 1. The fourth-order valence-corrected chi connectivity index (χ4v) is 3.91. The molecule has 5 heteroatoms. The Hall–Kier alpha value is -1.46. The third-order valence-electron chi connectivity index (χ3n) is 5.36. The first-order chi connectivity index (χ1) is 11.7. The van der Waals surface area contributed by atoms with Gasteiger partial charge in [-0.25, -0.2) is 4.39 Å². The fraction of sp³-hybridized carbons (Fsp3) is 0.632. The maximum atomic E-state index is 13.5. The van der Waals surface area contributed by atoms with E-state index in [4.69, 9.17) is 0 Å². The minimum atomic E-state index is -0.924. The highest BCUT2D eigenvalue weighted by Crippen LogP contribution is 2.23. The Bertz CT molecular complexity index is 531. The number of carbonyl (C=O) groups is 1. The summed E-state index contributed by atoms with van der Waals surface area (Å²) in [6.45, 7) is 1.99. The van der Waals surface area contributed by atoms with E-state index in [-0.39, 0.29) is 31.6 Å². The van der Waals surface area contributed by atoms with Crippen molar-refractivity contribution >= 4 is 5.91 Å². The van der Waals surface area contributed by atoms with Gasteiger partial charge in [0.2, 0.25) is 5.91 Å². The topological polar surface area (TPSA) is 43.8 Å². The van der Waals surface area contributed by atoms with E-state index in [1.165, 1.54) is 5.56 Å². The summed E-state index contributed by atoms with van der Waals surface area (Å²) < 4.78 is 13.5. The SMILES string of the molecule is O=C(CN1C[C@@H](F)C[C@H]1CO)N1CCC(Cc2ccccc2)CC1. The number of likely N-dealkylation sites (tertiary alicyclic amines) is 2. The Morgan fingerprint density at radius 3 is 2.58 bits per heavy atom. The summed E-state index contributed by atoms with van der Waals surface area (Å²) >= 11 is 0. The number of aliphatic hydroxyl groups is 1. The van der Waals surface area contributed by atoms with Crippen molar-refractivity contribution in [1.82, 2.24) is 9.80 Å².